The van der Waals surface area contributed by atoms with E-state index in [2.05, 4.69) is 196 Å². The van der Waals surface area contributed by atoms with Gasteiger partial charge in [0.15, 0.2) is 5.58 Å². The van der Waals surface area contributed by atoms with Gasteiger partial charge in [-0.1, -0.05) is 133 Å². The highest BCUT2D eigenvalue weighted by Crippen LogP contribution is 2.39. The van der Waals surface area contributed by atoms with Crippen LogP contribution in [0.2, 0.25) is 0 Å². The van der Waals surface area contributed by atoms with Crippen LogP contribution in [-0.4, -0.2) is 24.1 Å². The van der Waals surface area contributed by atoms with Gasteiger partial charge < -0.3 is 8.98 Å². The average molecular weight is 806 g/mol. The SMILES string of the molecule is c1ccc(-c2cc(-c3ccccc3)nc(-n3c4ccccc4c4ccc(-c5ccc6c(c5)c5ccccc5n6-c5cccc(-c6ccc7oc8cccnc8c7c6)c5)cc43)n2)cc1. The van der Waals surface area contributed by atoms with Gasteiger partial charge in [0.2, 0.25) is 5.95 Å². The maximum absolute atomic E-state index is 6.09. The molecule has 13 rings (SSSR count). The Morgan fingerprint density at radius 2 is 0.905 bits per heavy atom. The summed E-state index contributed by atoms with van der Waals surface area (Å²) in [6, 6.07) is 72.8. The number of pyridine rings is 1. The Morgan fingerprint density at radius 1 is 0.333 bits per heavy atom. The normalized spacial score (nSPS) is 11.8. The number of para-hydroxylation sites is 2. The van der Waals surface area contributed by atoms with Gasteiger partial charge in [0.05, 0.1) is 33.5 Å². The maximum atomic E-state index is 6.09. The van der Waals surface area contributed by atoms with Gasteiger partial charge in [-0.05, 0) is 95.1 Å². The highest BCUT2D eigenvalue weighted by Gasteiger charge is 2.19. The van der Waals surface area contributed by atoms with Crippen molar-refractivity contribution in [2.24, 2.45) is 0 Å². The van der Waals surface area contributed by atoms with Gasteiger partial charge in [-0.25, -0.2) is 9.97 Å². The largest absolute Gasteiger partial charge is 0.454 e. The molecule has 0 aliphatic heterocycles. The van der Waals surface area contributed by atoms with E-state index < -0.39 is 0 Å². The summed E-state index contributed by atoms with van der Waals surface area (Å²) in [5.74, 6) is 0.633. The third kappa shape index (κ3) is 5.69. The smallest absolute Gasteiger partial charge is 0.235 e. The number of hydrogen-bond donors (Lipinski definition) is 0. The Labute approximate surface area is 361 Å². The van der Waals surface area contributed by atoms with Crippen LogP contribution in [0.15, 0.2) is 217 Å². The highest BCUT2D eigenvalue weighted by atomic mass is 16.3. The molecule has 0 amide bonds. The van der Waals surface area contributed by atoms with Crippen LogP contribution in [0.1, 0.15) is 0 Å². The van der Waals surface area contributed by atoms with E-state index in [0.717, 1.165) is 105 Å². The lowest BCUT2D eigenvalue weighted by Crippen LogP contribution is -2.04. The summed E-state index contributed by atoms with van der Waals surface area (Å²) in [7, 11) is 0. The van der Waals surface area contributed by atoms with Crippen LogP contribution in [0.5, 0.6) is 0 Å². The molecule has 5 aromatic heterocycles. The number of benzene rings is 8. The first kappa shape index (κ1) is 35.2. The number of furan rings is 1. The van der Waals surface area contributed by atoms with Gasteiger partial charge in [0, 0.05) is 49.9 Å². The van der Waals surface area contributed by atoms with Crippen molar-refractivity contribution in [2.75, 3.05) is 0 Å². The predicted octanol–water partition coefficient (Wildman–Crippen LogP) is 14.6. The molecule has 0 aliphatic carbocycles. The van der Waals surface area contributed by atoms with Gasteiger partial charge in [-0.15, -0.1) is 0 Å². The van der Waals surface area contributed by atoms with E-state index in [1.165, 1.54) is 10.8 Å². The Hall–Kier alpha value is -8.61. The molecule has 0 unspecified atom stereocenters. The Bertz CT molecular complexity index is 3860. The van der Waals surface area contributed by atoms with Gasteiger partial charge in [-0.2, -0.15) is 0 Å². The van der Waals surface area contributed by atoms with Gasteiger partial charge in [0.1, 0.15) is 11.1 Å². The molecule has 0 saturated carbocycles. The molecule has 6 heteroatoms. The Morgan fingerprint density at radius 3 is 1.67 bits per heavy atom. The van der Waals surface area contributed by atoms with Crippen molar-refractivity contribution in [1.82, 2.24) is 24.1 Å². The summed E-state index contributed by atoms with van der Waals surface area (Å²) in [6.07, 6.45) is 1.82. The number of rotatable bonds is 6. The van der Waals surface area contributed by atoms with E-state index >= 15 is 0 Å². The maximum Gasteiger partial charge on any atom is 0.235 e. The van der Waals surface area contributed by atoms with Crippen molar-refractivity contribution >= 4 is 65.7 Å². The molecule has 0 aliphatic rings. The van der Waals surface area contributed by atoms with Crippen LogP contribution in [0.4, 0.5) is 0 Å². The summed E-state index contributed by atoms with van der Waals surface area (Å²) in [4.78, 5) is 15.2. The molecule has 0 spiro atoms. The fourth-order valence-corrected chi connectivity index (χ4v) is 9.45. The summed E-state index contributed by atoms with van der Waals surface area (Å²) >= 11 is 0. The number of fused-ring (bicyclic) bond motifs is 9. The molecule has 294 valence electrons. The first-order valence-electron chi connectivity index (χ1n) is 21.2. The lowest BCUT2D eigenvalue weighted by molar-refractivity contribution is 0.668. The second kappa shape index (κ2) is 14.0. The Kier molecular flexibility index (Phi) is 7.80. The molecule has 13 aromatic rings. The minimum Gasteiger partial charge on any atom is -0.454 e. The number of hydrogen-bond acceptors (Lipinski definition) is 4. The zero-order valence-corrected chi connectivity index (χ0v) is 33.9. The zero-order chi connectivity index (χ0) is 41.4. The molecule has 0 bridgehead atoms. The molecule has 0 radical (unpaired) electrons. The fourth-order valence-electron chi connectivity index (χ4n) is 9.45. The predicted molar refractivity (Wildman–Crippen MR) is 258 cm³/mol. The van der Waals surface area contributed by atoms with Crippen LogP contribution < -0.4 is 0 Å². The zero-order valence-electron chi connectivity index (χ0n) is 33.9. The second-order valence-corrected chi connectivity index (χ2v) is 16.1. The highest BCUT2D eigenvalue weighted by molar-refractivity contribution is 6.12. The molecule has 5 heterocycles. The molecule has 0 saturated heterocycles. The van der Waals surface area contributed by atoms with Crippen LogP contribution in [0.25, 0.3) is 122 Å². The summed E-state index contributed by atoms with van der Waals surface area (Å²) in [5.41, 5.74) is 16.3. The topological polar surface area (TPSA) is 61.7 Å². The van der Waals surface area contributed by atoms with Crippen molar-refractivity contribution in [3.63, 3.8) is 0 Å². The van der Waals surface area contributed by atoms with Gasteiger partial charge in [0.25, 0.3) is 0 Å². The van der Waals surface area contributed by atoms with Crippen LogP contribution in [0, 0.1) is 0 Å². The van der Waals surface area contributed by atoms with E-state index in [9.17, 15) is 0 Å². The van der Waals surface area contributed by atoms with E-state index in [1.807, 2.05) is 30.5 Å². The second-order valence-electron chi connectivity index (χ2n) is 16.1. The van der Waals surface area contributed by atoms with Crippen molar-refractivity contribution < 1.29 is 4.42 Å². The van der Waals surface area contributed by atoms with Crippen molar-refractivity contribution in [3.05, 3.63) is 212 Å². The first-order chi connectivity index (χ1) is 31.2. The van der Waals surface area contributed by atoms with E-state index in [4.69, 9.17) is 14.4 Å². The van der Waals surface area contributed by atoms with E-state index in [0.29, 0.717) is 5.95 Å². The standard InChI is InChI=1S/C57H35N5O/c1-3-13-36(14-4-1)48-35-49(37-15-5-2-6-16-37)60-57(59-48)62-51-22-10-7-19-43(51)45-27-24-41(34-53(45)62)39-25-28-52-46(32-39)44-20-8-9-21-50(44)61(52)42-18-11-17-38(31-42)40-26-29-54-47(33-40)56-55(63-54)23-12-30-58-56/h1-35H. The minimum absolute atomic E-state index is 0.633. The van der Waals surface area contributed by atoms with Crippen LogP contribution in [0.3, 0.4) is 0 Å². The van der Waals surface area contributed by atoms with Crippen LogP contribution >= 0.6 is 0 Å². The van der Waals surface area contributed by atoms with Crippen molar-refractivity contribution in [3.8, 4) is 56.4 Å². The summed E-state index contributed by atoms with van der Waals surface area (Å²) in [6.45, 7) is 0. The minimum atomic E-state index is 0.633. The van der Waals surface area contributed by atoms with Crippen molar-refractivity contribution in [1.29, 1.82) is 0 Å². The molecular weight excluding hydrogens is 771 g/mol. The average Bonchev–Trinajstić information content (AvgIpc) is 4.01. The summed E-state index contributed by atoms with van der Waals surface area (Å²) < 4.78 is 10.7. The van der Waals surface area contributed by atoms with E-state index in [1.54, 1.807) is 0 Å². The Balaban J connectivity index is 0.961. The van der Waals surface area contributed by atoms with Gasteiger partial charge >= 0.3 is 0 Å². The molecule has 0 N–H and O–H groups in total. The lowest BCUT2D eigenvalue weighted by atomic mass is 10.0. The molecule has 6 nitrogen and oxygen atoms in total. The molecule has 63 heavy (non-hydrogen) atoms. The molecular formula is C57H35N5O. The number of aromatic nitrogens is 5. The third-order valence-electron chi connectivity index (χ3n) is 12.4. The lowest BCUT2D eigenvalue weighted by Gasteiger charge is -2.12. The van der Waals surface area contributed by atoms with Gasteiger partial charge in [-0.3, -0.25) is 9.55 Å². The third-order valence-corrected chi connectivity index (χ3v) is 12.4. The molecule has 0 fully saturated rings. The molecule has 8 aromatic carbocycles. The number of nitrogens with zero attached hydrogens (tertiary/aromatic N) is 5. The molecule has 0 atom stereocenters. The van der Waals surface area contributed by atoms with E-state index in [-0.39, 0.29) is 0 Å². The quantitative estimate of drug-likeness (QED) is 0.168. The summed E-state index contributed by atoms with van der Waals surface area (Å²) in [5, 5.41) is 5.72. The van der Waals surface area contributed by atoms with Crippen LogP contribution in [-0.2, 0) is 0 Å². The van der Waals surface area contributed by atoms with Crippen molar-refractivity contribution in [2.45, 2.75) is 0 Å². The fraction of sp³-hybridized carbons (Fsp3) is 0. The monoisotopic (exact) mass is 805 g/mol. The first-order valence-corrected chi connectivity index (χ1v) is 21.2.